The van der Waals surface area contributed by atoms with Gasteiger partial charge in [-0.15, -0.1) is 0 Å². The Labute approximate surface area is 110 Å². The van der Waals surface area contributed by atoms with E-state index in [4.69, 9.17) is 0 Å². The second-order valence-electron chi connectivity index (χ2n) is 5.83. The molecule has 2 unspecified atom stereocenters. The van der Waals surface area contributed by atoms with E-state index < -0.39 is 0 Å². The first-order valence-corrected chi connectivity index (χ1v) is 7.10. The molecule has 1 fully saturated rings. The molecular formula is C16H25NO. The van der Waals surface area contributed by atoms with Crippen LogP contribution in [0.1, 0.15) is 49.3 Å². The molecule has 0 spiro atoms. The Hall–Kier alpha value is -1.02. The van der Waals surface area contributed by atoms with Gasteiger partial charge in [-0.1, -0.05) is 31.9 Å². The molecule has 100 valence electrons. The summed E-state index contributed by atoms with van der Waals surface area (Å²) in [7, 11) is 0. The van der Waals surface area contributed by atoms with Crippen molar-refractivity contribution in [3.05, 3.63) is 28.8 Å². The van der Waals surface area contributed by atoms with Gasteiger partial charge in [0.15, 0.2) is 0 Å². The van der Waals surface area contributed by atoms with Gasteiger partial charge in [-0.2, -0.15) is 0 Å². The van der Waals surface area contributed by atoms with E-state index in [1.807, 2.05) is 13.8 Å². The SMILES string of the molecule is Cc1cc(CNC2CCCCC2C)cc(C)c1O. The number of phenols is 1. The van der Waals surface area contributed by atoms with Gasteiger partial charge in [0.1, 0.15) is 5.75 Å². The molecule has 2 atom stereocenters. The van der Waals surface area contributed by atoms with Crippen LogP contribution in [0.2, 0.25) is 0 Å². The van der Waals surface area contributed by atoms with Crippen LogP contribution in [0.3, 0.4) is 0 Å². The molecule has 0 aromatic heterocycles. The van der Waals surface area contributed by atoms with Crippen LogP contribution in [-0.4, -0.2) is 11.1 Å². The minimum absolute atomic E-state index is 0.435. The first kappa shape index (κ1) is 13.4. The summed E-state index contributed by atoms with van der Waals surface area (Å²) in [4.78, 5) is 0. The van der Waals surface area contributed by atoms with Crippen molar-refractivity contribution in [2.75, 3.05) is 0 Å². The van der Waals surface area contributed by atoms with Gasteiger partial charge < -0.3 is 10.4 Å². The summed E-state index contributed by atoms with van der Waals surface area (Å²) >= 11 is 0. The second-order valence-corrected chi connectivity index (χ2v) is 5.83. The van der Waals surface area contributed by atoms with Gasteiger partial charge in [-0.3, -0.25) is 0 Å². The highest BCUT2D eigenvalue weighted by atomic mass is 16.3. The third-order valence-corrected chi connectivity index (χ3v) is 4.23. The fourth-order valence-electron chi connectivity index (χ4n) is 3.02. The lowest BCUT2D eigenvalue weighted by atomic mass is 9.86. The molecule has 2 N–H and O–H groups in total. The second kappa shape index (κ2) is 5.75. The summed E-state index contributed by atoms with van der Waals surface area (Å²) in [5.41, 5.74) is 3.23. The molecule has 1 saturated carbocycles. The zero-order valence-corrected chi connectivity index (χ0v) is 11.8. The smallest absolute Gasteiger partial charge is 0.121 e. The summed E-state index contributed by atoms with van der Waals surface area (Å²) in [6.07, 6.45) is 5.40. The van der Waals surface area contributed by atoms with E-state index in [2.05, 4.69) is 24.4 Å². The largest absolute Gasteiger partial charge is 0.507 e. The van der Waals surface area contributed by atoms with Crippen LogP contribution in [0.5, 0.6) is 5.75 Å². The van der Waals surface area contributed by atoms with Crippen LogP contribution < -0.4 is 5.32 Å². The fourth-order valence-corrected chi connectivity index (χ4v) is 3.02. The van der Waals surface area contributed by atoms with Crippen molar-refractivity contribution in [2.45, 2.75) is 59.0 Å². The Bertz CT molecular complexity index is 391. The summed E-state index contributed by atoms with van der Waals surface area (Å²) in [6, 6.07) is 4.83. The van der Waals surface area contributed by atoms with E-state index in [9.17, 15) is 5.11 Å². The van der Waals surface area contributed by atoms with Gasteiger partial charge in [0.25, 0.3) is 0 Å². The van der Waals surface area contributed by atoms with Crippen molar-refractivity contribution in [3.8, 4) is 5.75 Å². The zero-order valence-electron chi connectivity index (χ0n) is 11.8. The maximum atomic E-state index is 9.77. The summed E-state index contributed by atoms with van der Waals surface area (Å²) in [6.45, 7) is 7.20. The highest BCUT2D eigenvalue weighted by molar-refractivity contribution is 5.42. The maximum absolute atomic E-state index is 9.77. The molecule has 2 rings (SSSR count). The molecule has 0 saturated heterocycles. The van der Waals surface area contributed by atoms with E-state index >= 15 is 0 Å². The zero-order chi connectivity index (χ0) is 13.1. The number of aryl methyl sites for hydroxylation is 2. The van der Waals surface area contributed by atoms with Gasteiger partial charge in [0.2, 0.25) is 0 Å². The van der Waals surface area contributed by atoms with Crippen molar-refractivity contribution >= 4 is 0 Å². The highest BCUT2D eigenvalue weighted by Crippen LogP contribution is 2.25. The van der Waals surface area contributed by atoms with Gasteiger partial charge in [0.05, 0.1) is 0 Å². The maximum Gasteiger partial charge on any atom is 0.121 e. The van der Waals surface area contributed by atoms with Crippen molar-refractivity contribution in [1.29, 1.82) is 0 Å². The van der Waals surface area contributed by atoms with Gasteiger partial charge in [-0.25, -0.2) is 0 Å². The number of rotatable bonds is 3. The molecule has 2 heteroatoms. The molecule has 0 radical (unpaired) electrons. The number of hydrogen-bond acceptors (Lipinski definition) is 2. The Balaban J connectivity index is 1.97. The highest BCUT2D eigenvalue weighted by Gasteiger charge is 2.20. The standard InChI is InChI=1S/C16H25NO/c1-11-6-4-5-7-15(11)17-10-14-8-12(2)16(18)13(3)9-14/h8-9,11,15,17-18H,4-7,10H2,1-3H3. The first-order valence-electron chi connectivity index (χ1n) is 7.10. The minimum atomic E-state index is 0.435. The van der Waals surface area contributed by atoms with Crippen molar-refractivity contribution in [2.24, 2.45) is 5.92 Å². The Kier molecular flexibility index (Phi) is 4.28. The molecule has 1 aliphatic carbocycles. The summed E-state index contributed by atoms with van der Waals surface area (Å²) in [5.74, 6) is 1.22. The molecule has 18 heavy (non-hydrogen) atoms. The summed E-state index contributed by atoms with van der Waals surface area (Å²) in [5, 5.41) is 13.4. The van der Waals surface area contributed by atoms with Crippen LogP contribution in [0.4, 0.5) is 0 Å². The van der Waals surface area contributed by atoms with Crippen molar-refractivity contribution in [3.63, 3.8) is 0 Å². The monoisotopic (exact) mass is 247 g/mol. The topological polar surface area (TPSA) is 32.3 Å². The number of aromatic hydroxyl groups is 1. The van der Waals surface area contributed by atoms with E-state index in [0.29, 0.717) is 11.8 Å². The summed E-state index contributed by atoms with van der Waals surface area (Å²) < 4.78 is 0. The molecule has 2 nitrogen and oxygen atoms in total. The number of benzene rings is 1. The fraction of sp³-hybridized carbons (Fsp3) is 0.625. The Morgan fingerprint density at radius 3 is 2.39 bits per heavy atom. The molecule has 1 aliphatic rings. The predicted molar refractivity (Wildman–Crippen MR) is 75.8 cm³/mol. The number of phenolic OH excluding ortho intramolecular Hbond substituents is 1. The van der Waals surface area contributed by atoms with Gasteiger partial charge in [0, 0.05) is 12.6 Å². The van der Waals surface area contributed by atoms with E-state index in [0.717, 1.165) is 23.6 Å². The third-order valence-electron chi connectivity index (χ3n) is 4.23. The lowest BCUT2D eigenvalue weighted by molar-refractivity contribution is 0.279. The Morgan fingerprint density at radius 1 is 1.17 bits per heavy atom. The molecule has 1 aromatic carbocycles. The molecule has 0 bridgehead atoms. The van der Waals surface area contributed by atoms with Crippen LogP contribution in [-0.2, 0) is 6.54 Å². The van der Waals surface area contributed by atoms with Crippen LogP contribution >= 0.6 is 0 Å². The van der Waals surface area contributed by atoms with Crippen LogP contribution in [0, 0.1) is 19.8 Å². The average molecular weight is 247 g/mol. The lowest BCUT2D eigenvalue weighted by Gasteiger charge is -2.29. The van der Waals surface area contributed by atoms with Gasteiger partial charge >= 0.3 is 0 Å². The molecule has 1 aromatic rings. The molecular weight excluding hydrogens is 222 g/mol. The molecule has 0 heterocycles. The van der Waals surface area contributed by atoms with E-state index in [1.54, 1.807) is 0 Å². The van der Waals surface area contributed by atoms with Crippen LogP contribution in [0.15, 0.2) is 12.1 Å². The predicted octanol–water partition coefficient (Wildman–Crippen LogP) is 3.68. The Morgan fingerprint density at radius 2 is 1.78 bits per heavy atom. The van der Waals surface area contributed by atoms with E-state index in [1.165, 1.54) is 31.2 Å². The van der Waals surface area contributed by atoms with Crippen molar-refractivity contribution < 1.29 is 5.11 Å². The minimum Gasteiger partial charge on any atom is -0.507 e. The van der Waals surface area contributed by atoms with Crippen molar-refractivity contribution in [1.82, 2.24) is 5.32 Å². The third kappa shape index (κ3) is 3.05. The normalized spacial score (nSPS) is 24.2. The van der Waals surface area contributed by atoms with Crippen LogP contribution in [0.25, 0.3) is 0 Å². The molecule has 0 aliphatic heterocycles. The number of nitrogens with one attached hydrogen (secondary N) is 1. The molecule has 0 amide bonds. The quantitative estimate of drug-likeness (QED) is 0.854. The first-order chi connectivity index (χ1) is 8.58. The number of hydrogen-bond donors (Lipinski definition) is 2. The lowest BCUT2D eigenvalue weighted by Crippen LogP contribution is -2.36. The van der Waals surface area contributed by atoms with Gasteiger partial charge in [-0.05, 0) is 49.3 Å². The van der Waals surface area contributed by atoms with E-state index in [-0.39, 0.29) is 0 Å². The average Bonchev–Trinajstić information content (AvgIpc) is 2.35.